The third-order valence-electron chi connectivity index (χ3n) is 3.36. The van der Waals surface area contributed by atoms with Gasteiger partial charge in [0.1, 0.15) is 0 Å². The molecule has 1 fully saturated rings. The Hall–Kier alpha value is -1.06. The minimum Gasteiger partial charge on any atom is -0.369 e. The van der Waals surface area contributed by atoms with Gasteiger partial charge in [-0.15, -0.1) is 0 Å². The van der Waals surface area contributed by atoms with Gasteiger partial charge in [0.05, 0.1) is 0 Å². The number of piperazine rings is 1. The van der Waals surface area contributed by atoms with E-state index in [9.17, 15) is 0 Å². The Morgan fingerprint density at radius 1 is 1.00 bits per heavy atom. The van der Waals surface area contributed by atoms with Crippen molar-refractivity contribution >= 4 is 5.69 Å². The smallest absolute Gasteiger partial charge is 0.0367 e. The molecule has 2 rings (SSSR count). The molecule has 0 unspecified atom stereocenters. The third-order valence-corrected chi connectivity index (χ3v) is 3.36. The molecule has 0 saturated carbocycles. The van der Waals surface area contributed by atoms with Crippen LogP contribution in [-0.4, -0.2) is 63.2 Å². The van der Waals surface area contributed by atoms with E-state index in [0.29, 0.717) is 0 Å². The first-order valence-electron chi connectivity index (χ1n) is 6.43. The van der Waals surface area contributed by atoms with Crippen LogP contribution in [0, 0.1) is 0 Å². The zero-order valence-electron chi connectivity index (χ0n) is 11.0. The number of para-hydroxylation sites is 1. The highest BCUT2D eigenvalue weighted by Gasteiger charge is 2.16. The van der Waals surface area contributed by atoms with Crippen molar-refractivity contribution in [1.29, 1.82) is 0 Å². The minimum atomic E-state index is 1.15. The van der Waals surface area contributed by atoms with Crippen molar-refractivity contribution in [3.63, 3.8) is 0 Å². The van der Waals surface area contributed by atoms with E-state index in [1.165, 1.54) is 25.3 Å². The van der Waals surface area contributed by atoms with Gasteiger partial charge in [-0.05, 0) is 26.2 Å². The van der Waals surface area contributed by atoms with E-state index in [0.717, 1.165) is 19.6 Å². The van der Waals surface area contributed by atoms with Crippen LogP contribution in [-0.2, 0) is 0 Å². The van der Waals surface area contributed by atoms with Gasteiger partial charge >= 0.3 is 0 Å². The second-order valence-corrected chi connectivity index (χ2v) is 4.97. The molecule has 0 amide bonds. The molecule has 94 valence electrons. The van der Waals surface area contributed by atoms with Crippen LogP contribution < -0.4 is 4.90 Å². The van der Waals surface area contributed by atoms with Gasteiger partial charge in [-0.25, -0.2) is 0 Å². The number of benzene rings is 1. The lowest BCUT2D eigenvalue weighted by Gasteiger charge is -2.36. The second-order valence-electron chi connectivity index (χ2n) is 4.97. The normalized spacial score (nSPS) is 17.7. The van der Waals surface area contributed by atoms with E-state index in [4.69, 9.17) is 0 Å². The molecule has 1 saturated heterocycles. The number of hydrogen-bond acceptors (Lipinski definition) is 3. The van der Waals surface area contributed by atoms with E-state index in [-0.39, 0.29) is 0 Å². The minimum absolute atomic E-state index is 1.15. The molecular weight excluding hydrogens is 210 g/mol. The molecule has 1 heterocycles. The summed E-state index contributed by atoms with van der Waals surface area (Å²) in [4.78, 5) is 7.29. The Morgan fingerprint density at radius 3 is 2.24 bits per heavy atom. The number of nitrogens with zero attached hydrogens (tertiary/aromatic N) is 3. The average Bonchev–Trinajstić information content (AvgIpc) is 2.38. The summed E-state index contributed by atoms with van der Waals surface area (Å²) in [6.07, 6.45) is 0. The highest BCUT2D eigenvalue weighted by Crippen LogP contribution is 2.15. The molecule has 0 aliphatic carbocycles. The van der Waals surface area contributed by atoms with Crippen LogP contribution in [0.15, 0.2) is 30.3 Å². The highest BCUT2D eigenvalue weighted by molar-refractivity contribution is 5.46. The highest BCUT2D eigenvalue weighted by atomic mass is 15.3. The zero-order chi connectivity index (χ0) is 12.1. The molecule has 1 aliphatic heterocycles. The Morgan fingerprint density at radius 2 is 1.65 bits per heavy atom. The van der Waals surface area contributed by atoms with Crippen molar-refractivity contribution in [2.75, 3.05) is 58.3 Å². The lowest BCUT2D eigenvalue weighted by molar-refractivity contribution is 0.229. The zero-order valence-corrected chi connectivity index (χ0v) is 11.0. The maximum Gasteiger partial charge on any atom is 0.0367 e. The molecule has 17 heavy (non-hydrogen) atoms. The van der Waals surface area contributed by atoms with Gasteiger partial charge in [-0.3, -0.25) is 4.90 Å². The van der Waals surface area contributed by atoms with Crippen molar-refractivity contribution in [2.24, 2.45) is 0 Å². The van der Waals surface area contributed by atoms with Crippen molar-refractivity contribution < 1.29 is 0 Å². The Labute approximate surface area is 105 Å². The summed E-state index contributed by atoms with van der Waals surface area (Å²) in [5.74, 6) is 0. The van der Waals surface area contributed by atoms with E-state index >= 15 is 0 Å². The first-order valence-corrected chi connectivity index (χ1v) is 6.43. The monoisotopic (exact) mass is 233 g/mol. The fourth-order valence-corrected chi connectivity index (χ4v) is 2.21. The summed E-state index contributed by atoms with van der Waals surface area (Å²) in [6, 6.07) is 10.7. The van der Waals surface area contributed by atoms with Crippen molar-refractivity contribution in [1.82, 2.24) is 9.80 Å². The van der Waals surface area contributed by atoms with Gasteiger partial charge in [0, 0.05) is 45.0 Å². The maximum atomic E-state index is 2.56. The van der Waals surface area contributed by atoms with Crippen molar-refractivity contribution in [3.05, 3.63) is 30.3 Å². The lowest BCUT2D eigenvalue weighted by Crippen LogP contribution is -2.48. The first-order chi connectivity index (χ1) is 8.25. The van der Waals surface area contributed by atoms with E-state index < -0.39 is 0 Å². The quantitative estimate of drug-likeness (QED) is 0.778. The van der Waals surface area contributed by atoms with E-state index in [1.807, 2.05) is 0 Å². The Balaban J connectivity index is 1.78. The van der Waals surface area contributed by atoms with Crippen LogP contribution in [0.3, 0.4) is 0 Å². The van der Waals surface area contributed by atoms with E-state index in [1.54, 1.807) is 0 Å². The van der Waals surface area contributed by atoms with Crippen LogP contribution in [0.4, 0.5) is 5.69 Å². The molecule has 1 aromatic rings. The molecule has 0 spiro atoms. The predicted octanol–water partition coefficient (Wildman–Crippen LogP) is 1.37. The molecule has 0 N–H and O–H groups in total. The molecular formula is C14H23N3. The number of hydrogen-bond donors (Lipinski definition) is 0. The summed E-state index contributed by atoms with van der Waals surface area (Å²) in [7, 11) is 4.28. The maximum absolute atomic E-state index is 2.56. The van der Waals surface area contributed by atoms with Crippen molar-refractivity contribution in [3.8, 4) is 0 Å². The van der Waals surface area contributed by atoms with Gasteiger partial charge in [-0.2, -0.15) is 0 Å². The molecule has 0 bridgehead atoms. The lowest BCUT2D eigenvalue weighted by atomic mass is 10.2. The van der Waals surface area contributed by atoms with Crippen LogP contribution in [0.2, 0.25) is 0 Å². The molecule has 3 nitrogen and oxygen atoms in total. The van der Waals surface area contributed by atoms with Crippen molar-refractivity contribution in [2.45, 2.75) is 0 Å². The Bertz CT molecular complexity index is 315. The van der Waals surface area contributed by atoms with Crippen LogP contribution in [0.1, 0.15) is 0 Å². The number of anilines is 1. The summed E-state index contributed by atoms with van der Waals surface area (Å²) in [6.45, 7) is 7.02. The van der Waals surface area contributed by atoms with Gasteiger partial charge in [0.25, 0.3) is 0 Å². The Kier molecular flexibility index (Phi) is 4.40. The molecule has 3 heteroatoms. The SMILES string of the molecule is CN(C)CCN1CCN(c2ccccc2)CC1. The topological polar surface area (TPSA) is 9.72 Å². The van der Waals surface area contributed by atoms with Crippen LogP contribution in [0.5, 0.6) is 0 Å². The molecule has 0 radical (unpaired) electrons. The third kappa shape index (κ3) is 3.72. The van der Waals surface area contributed by atoms with Crippen LogP contribution >= 0.6 is 0 Å². The number of likely N-dealkylation sites (N-methyl/N-ethyl adjacent to an activating group) is 1. The van der Waals surface area contributed by atoms with Gasteiger partial charge in [0.2, 0.25) is 0 Å². The molecule has 0 aromatic heterocycles. The molecule has 1 aliphatic rings. The van der Waals surface area contributed by atoms with Gasteiger partial charge < -0.3 is 9.80 Å². The summed E-state index contributed by atoms with van der Waals surface area (Å²) in [5.41, 5.74) is 1.36. The first kappa shape index (κ1) is 12.4. The fourth-order valence-electron chi connectivity index (χ4n) is 2.21. The fraction of sp³-hybridized carbons (Fsp3) is 0.571. The van der Waals surface area contributed by atoms with Gasteiger partial charge in [-0.1, -0.05) is 18.2 Å². The standard InChI is InChI=1S/C14H23N3/c1-15(2)8-9-16-10-12-17(13-11-16)14-6-4-3-5-7-14/h3-7H,8-13H2,1-2H3. The molecule has 1 aromatic carbocycles. The average molecular weight is 233 g/mol. The van der Waals surface area contributed by atoms with Gasteiger partial charge in [0.15, 0.2) is 0 Å². The second kappa shape index (κ2) is 6.03. The summed E-state index contributed by atoms with van der Waals surface area (Å²) in [5, 5.41) is 0. The van der Waals surface area contributed by atoms with E-state index in [2.05, 4.69) is 59.1 Å². The van der Waals surface area contributed by atoms with Crippen LogP contribution in [0.25, 0.3) is 0 Å². The molecule has 0 atom stereocenters. The predicted molar refractivity (Wildman–Crippen MR) is 73.6 cm³/mol. The summed E-state index contributed by atoms with van der Waals surface area (Å²) >= 11 is 0. The largest absolute Gasteiger partial charge is 0.369 e. The summed E-state index contributed by atoms with van der Waals surface area (Å²) < 4.78 is 0. The number of rotatable bonds is 4.